The van der Waals surface area contributed by atoms with Crippen LogP contribution in [-0.4, -0.2) is 6.04 Å². The van der Waals surface area contributed by atoms with Crippen molar-refractivity contribution in [1.82, 2.24) is 0 Å². The smallest absolute Gasteiger partial charge is 0.00387 e. The molecule has 2 unspecified atom stereocenters. The summed E-state index contributed by atoms with van der Waals surface area (Å²) in [6, 6.07) is 0.382. The molecule has 1 heteroatoms. The molecule has 2 atom stereocenters. The van der Waals surface area contributed by atoms with Crippen LogP contribution in [0, 0.1) is 11.8 Å². The Morgan fingerprint density at radius 3 is 1.92 bits per heavy atom. The van der Waals surface area contributed by atoms with Gasteiger partial charge in [0.25, 0.3) is 0 Å². The highest BCUT2D eigenvalue weighted by Gasteiger charge is 2.21. The molecule has 0 amide bonds. The van der Waals surface area contributed by atoms with E-state index in [2.05, 4.69) is 13.8 Å². The topological polar surface area (TPSA) is 26.0 Å². The Labute approximate surface area is 76.7 Å². The Bertz CT molecular complexity index is 112. The second-order valence-electron chi connectivity index (χ2n) is 4.47. The summed E-state index contributed by atoms with van der Waals surface area (Å²) >= 11 is 0. The zero-order valence-corrected chi connectivity index (χ0v) is 8.55. The maximum Gasteiger partial charge on any atom is 0.00387 e. The molecular weight excluding hydrogens is 146 g/mol. The highest BCUT2D eigenvalue weighted by molar-refractivity contribution is 4.75. The summed E-state index contributed by atoms with van der Waals surface area (Å²) in [6.45, 7) is 4.47. The summed E-state index contributed by atoms with van der Waals surface area (Å²) in [5, 5.41) is 0. The van der Waals surface area contributed by atoms with Crippen LogP contribution in [0.5, 0.6) is 0 Å². The first kappa shape index (κ1) is 10.0. The second kappa shape index (κ2) is 4.86. The molecule has 0 aromatic heterocycles. The average Bonchev–Trinajstić information content (AvgIpc) is 2.30. The average molecular weight is 169 g/mol. The van der Waals surface area contributed by atoms with Crippen LogP contribution in [0.1, 0.15) is 52.4 Å². The number of hydrogen-bond acceptors (Lipinski definition) is 1. The molecule has 1 aliphatic rings. The second-order valence-corrected chi connectivity index (χ2v) is 4.47. The summed E-state index contributed by atoms with van der Waals surface area (Å²) in [7, 11) is 0. The fourth-order valence-corrected chi connectivity index (χ4v) is 2.27. The van der Waals surface area contributed by atoms with Crippen molar-refractivity contribution in [1.29, 1.82) is 0 Å². The lowest BCUT2D eigenvalue weighted by Crippen LogP contribution is -2.30. The summed E-state index contributed by atoms with van der Waals surface area (Å²) in [6.07, 6.45) is 8.60. The Morgan fingerprint density at radius 2 is 1.50 bits per heavy atom. The van der Waals surface area contributed by atoms with E-state index in [1.54, 1.807) is 0 Å². The summed E-state index contributed by atoms with van der Waals surface area (Å²) in [4.78, 5) is 0. The Hall–Kier alpha value is -0.0400. The van der Waals surface area contributed by atoms with Crippen LogP contribution in [0.4, 0.5) is 0 Å². The zero-order valence-electron chi connectivity index (χ0n) is 8.55. The lowest BCUT2D eigenvalue weighted by Gasteiger charge is -2.25. The molecule has 1 saturated carbocycles. The minimum Gasteiger partial charge on any atom is -0.328 e. The van der Waals surface area contributed by atoms with Gasteiger partial charge in [-0.05, 0) is 18.8 Å². The molecule has 72 valence electrons. The molecule has 2 N–H and O–H groups in total. The molecule has 0 radical (unpaired) electrons. The van der Waals surface area contributed by atoms with Crippen LogP contribution in [0.15, 0.2) is 0 Å². The molecule has 0 heterocycles. The first-order valence-electron chi connectivity index (χ1n) is 5.47. The van der Waals surface area contributed by atoms with Gasteiger partial charge in [-0.25, -0.2) is 0 Å². The highest BCUT2D eigenvalue weighted by Crippen LogP contribution is 2.29. The van der Waals surface area contributed by atoms with Crippen molar-refractivity contribution in [3.8, 4) is 0 Å². The summed E-state index contributed by atoms with van der Waals surface area (Å²) in [5.41, 5.74) is 5.92. The molecule has 0 saturated heterocycles. The lowest BCUT2D eigenvalue weighted by atomic mass is 9.83. The third kappa shape index (κ3) is 2.78. The van der Waals surface area contributed by atoms with Crippen molar-refractivity contribution in [3.05, 3.63) is 0 Å². The zero-order chi connectivity index (χ0) is 8.97. The van der Waals surface area contributed by atoms with Crippen molar-refractivity contribution >= 4 is 0 Å². The van der Waals surface area contributed by atoms with E-state index >= 15 is 0 Å². The maximum atomic E-state index is 5.92. The molecule has 1 rings (SSSR count). The van der Waals surface area contributed by atoms with Crippen molar-refractivity contribution < 1.29 is 0 Å². The molecule has 1 fully saturated rings. The number of hydrogen-bond donors (Lipinski definition) is 1. The van der Waals surface area contributed by atoms with Crippen LogP contribution in [0.3, 0.4) is 0 Å². The van der Waals surface area contributed by atoms with Gasteiger partial charge in [-0.15, -0.1) is 0 Å². The van der Waals surface area contributed by atoms with Crippen molar-refractivity contribution in [3.63, 3.8) is 0 Å². The van der Waals surface area contributed by atoms with E-state index in [9.17, 15) is 0 Å². The summed E-state index contributed by atoms with van der Waals surface area (Å²) < 4.78 is 0. The maximum absolute atomic E-state index is 5.92. The van der Waals surface area contributed by atoms with Gasteiger partial charge in [0.1, 0.15) is 0 Å². The first-order chi connectivity index (χ1) is 5.72. The number of rotatable bonds is 2. The van der Waals surface area contributed by atoms with Crippen LogP contribution in [-0.2, 0) is 0 Å². The first-order valence-corrected chi connectivity index (χ1v) is 5.47. The standard InChI is InChI=1S/C11H23N/c1-9(10(2)12)11-7-5-3-4-6-8-11/h9-11H,3-8,12H2,1-2H3. The molecule has 0 aromatic carbocycles. The third-order valence-corrected chi connectivity index (χ3v) is 3.47. The van der Waals surface area contributed by atoms with Crippen LogP contribution in [0.2, 0.25) is 0 Å². The molecular formula is C11H23N. The third-order valence-electron chi connectivity index (χ3n) is 3.47. The van der Waals surface area contributed by atoms with Gasteiger partial charge in [-0.3, -0.25) is 0 Å². The van der Waals surface area contributed by atoms with E-state index in [0.717, 1.165) is 11.8 Å². The predicted molar refractivity (Wildman–Crippen MR) is 54.0 cm³/mol. The van der Waals surface area contributed by atoms with Gasteiger partial charge in [-0.2, -0.15) is 0 Å². The normalized spacial score (nSPS) is 26.2. The highest BCUT2D eigenvalue weighted by atomic mass is 14.6. The van der Waals surface area contributed by atoms with Crippen molar-refractivity contribution in [2.75, 3.05) is 0 Å². The van der Waals surface area contributed by atoms with Gasteiger partial charge < -0.3 is 5.73 Å². The van der Waals surface area contributed by atoms with E-state index in [4.69, 9.17) is 5.73 Å². The van der Waals surface area contributed by atoms with Gasteiger partial charge in [-0.1, -0.05) is 45.4 Å². The monoisotopic (exact) mass is 169 g/mol. The van der Waals surface area contributed by atoms with Gasteiger partial charge in [0.15, 0.2) is 0 Å². The van der Waals surface area contributed by atoms with Crippen LogP contribution in [0.25, 0.3) is 0 Å². The molecule has 1 nitrogen and oxygen atoms in total. The molecule has 1 aliphatic carbocycles. The molecule has 0 aromatic rings. The van der Waals surface area contributed by atoms with Crippen molar-refractivity contribution in [2.24, 2.45) is 17.6 Å². The van der Waals surface area contributed by atoms with Gasteiger partial charge in [0.2, 0.25) is 0 Å². The quantitative estimate of drug-likeness (QED) is 0.632. The summed E-state index contributed by atoms with van der Waals surface area (Å²) in [5.74, 6) is 1.63. The van der Waals surface area contributed by atoms with E-state index < -0.39 is 0 Å². The van der Waals surface area contributed by atoms with Crippen LogP contribution >= 0.6 is 0 Å². The minimum atomic E-state index is 0.382. The Balaban J connectivity index is 2.37. The predicted octanol–water partition coefficient (Wildman–Crippen LogP) is 2.94. The van der Waals surface area contributed by atoms with Crippen LogP contribution < -0.4 is 5.73 Å². The molecule has 0 aliphatic heterocycles. The Kier molecular flexibility index (Phi) is 4.07. The molecule has 0 spiro atoms. The van der Waals surface area contributed by atoms with E-state index in [0.29, 0.717) is 6.04 Å². The fraction of sp³-hybridized carbons (Fsp3) is 1.00. The fourth-order valence-electron chi connectivity index (χ4n) is 2.27. The Morgan fingerprint density at radius 1 is 1.00 bits per heavy atom. The van der Waals surface area contributed by atoms with Gasteiger partial charge in [0, 0.05) is 6.04 Å². The van der Waals surface area contributed by atoms with E-state index in [1.807, 2.05) is 0 Å². The van der Waals surface area contributed by atoms with Gasteiger partial charge in [0.05, 0.1) is 0 Å². The SMILES string of the molecule is CC(N)C(C)C1CCCCCC1. The number of nitrogens with two attached hydrogens (primary N) is 1. The van der Waals surface area contributed by atoms with E-state index in [1.165, 1.54) is 38.5 Å². The van der Waals surface area contributed by atoms with E-state index in [-0.39, 0.29) is 0 Å². The van der Waals surface area contributed by atoms with Crippen molar-refractivity contribution in [2.45, 2.75) is 58.4 Å². The minimum absolute atomic E-state index is 0.382. The largest absolute Gasteiger partial charge is 0.328 e. The molecule has 0 bridgehead atoms. The van der Waals surface area contributed by atoms with Gasteiger partial charge >= 0.3 is 0 Å². The lowest BCUT2D eigenvalue weighted by molar-refractivity contribution is 0.284. The molecule has 12 heavy (non-hydrogen) atoms.